The summed E-state index contributed by atoms with van der Waals surface area (Å²) in [6, 6.07) is 18.4. The summed E-state index contributed by atoms with van der Waals surface area (Å²) in [5.41, 5.74) is 8.38. The van der Waals surface area contributed by atoms with E-state index < -0.39 is 0 Å². The smallest absolute Gasteiger partial charge is 0.0408 e. The summed E-state index contributed by atoms with van der Waals surface area (Å²) in [5.74, 6) is 0.330. The van der Waals surface area contributed by atoms with Crippen LogP contribution in [0.3, 0.4) is 0 Å². The molecule has 0 aliphatic heterocycles. The molecule has 0 spiro atoms. The first-order chi connectivity index (χ1) is 8.29. The number of hydrogen-bond acceptors (Lipinski definition) is 1. The van der Waals surface area contributed by atoms with Crippen LogP contribution in [0.5, 0.6) is 0 Å². The van der Waals surface area contributed by atoms with Gasteiger partial charge in [0.2, 0.25) is 0 Å². The Labute approximate surface area is 107 Å². The molecule has 0 heterocycles. The number of halogens is 1. The Balaban J connectivity index is 2.17. The Morgan fingerprint density at radius 1 is 1.00 bits per heavy atom. The predicted molar refractivity (Wildman–Crippen MR) is 73.4 cm³/mol. The van der Waals surface area contributed by atoms with E-state index in [1.807, 2.05) is 24.3 Å². The first-order valence-electron chi connectivity index (χ1n) is 5.79. The van der Waals surface area contributed by atoms with Gasteiger partial charge < -0.3 is 5.73 Å². The molecule has 0 aromatic heterocycles. The van der Waals surface area contributed by atoms with Crippen LogP contribution in [-0.4, -0.2) is 6.54 Å². The Kier molecular flexibility index (Phi) is 4.18. The average Bonchev–Trinajstić information content (AvgIpc) is 2.37. The molecular weight excluding hydrogens is 230 g/mol. The van der Waals surface area contributed by atoms with Crippen molar-refractivity contribution in [3.63, 3.8) is 0 Å². The molecule has 88 valence electrons. The summed E-state index contributed by atoms with van der Waals surface area (Å²) in [6.07, 6.45) is 0.956. The molecule has 0 bridgehead atoms. The van der Waals surface area contributed by atoms with E-state index in [1.165, 1.54) is 11.1 Å². The van der Waals surface area contributed by atoms with E-state index in [0.29, 0.717) is 12.5 Å². The molecule has 1 unspecified atom stereocenters. The molecule has 2 aromatic carbocycles. The summed E-state index contributed by atoms with van der Waals surface area (Å²) in [4.78, 5) is 0. The quantitative estimate of drug-likeness (QED) is 0.875. The topological polar surface area (TPSA) is 26.0 Å². The average molecular weight is 246 g/mol. The van der Waals surface area contributed by atoms with Gasteiger partial charge in [-0.25, -0.2) is 0 Å². The lowest BCUT2D eigenvalue weighted by Gasteiger charge is -2.15. The van der Waals surface area contributed by atoms with Crippen molar-refractivity contribution in [1.82, 2.24) is 0 Å². The van der Waals surface area contributed by atoms with Crippen LogP contribution in [0.1, 0.15) is 17.0 Å². The Morgan fingerprint density at radius 2 is 1.76 bits per heavy atom. The summed E-state index contributed by atoms with van der Waals surface area (Å²) >= 11 is 6.01. The molecule has 2 aromatic rings. The van der Waals surface area contributed by atoms with Gasteiger partial charge in [-0.05, 0) is 36.2 Å². The second-order valence-corrected chi connectivity index (χ2v) is 4.61. The molecule has 0 aliphatic rings. The second kappa shape index (κ2) is 5.85. The van der Waals surface area contributed by atoms with E-state index in [4.69, 9.17) is 17.3 Å². The number of hydrogen-bond donors (Lipinski definition) is 1. The van der Waals surface area contributed by atoms with Gasteiger partial charge in [0.25, 0.3) is 0 Å². The summed E-state index contributed by atoms with van der Waals surface area (Å²) < 4.78 is 0. The standard InChI is InChI=1S/C15H16ClN/c16-15-8-4-7-13(10-15)14(11-17)9-12-5-2-1-3-6-12/h1-8,10,14H,9,11,17H2. The largest absolute Gasteiger partial charge is 0.330 e. The van der Waals surface area contributed by atoms with Crippen molar-refractivity contribution >= 4 is 11.6 Å². The minimum absolute atomic E-state index is 0.330. The van der Waals surface area contributed by atoms with Gasteiger partial charge in [0.15, 0.2) is 0 Å². The molecule has 0 saturated heterocycles. The highest BCUT2D eigenvalue weighted by molar-refractivity contribution is 6.30. The van der Waals surface area contributed by atoms with Crippen LogP contribution in [0, 0.1) is 0 Å². The minimum atomic E-state index is 0.330. The lowest BCUT2D eigenvalue weighted by atomic mass is 9.92. The van der Waals surface area contributed by atoms with E-state index >= 15 is 0 Å². The molecule has 0 saturated carbocycles. The molecule has 0 fully saturated rings. The molecule has 2 heteroatoms. The van der Waals surface area contributed by atoms with E-state index in [2.05, 4.69) is 30.3 Å². The van der Waals surface area contributed by atoms with Gasteiger partial charge in [0.05, 0.1) is 0 Å². The van der Waals surface area contributed by atoms with Crippen molar-refractivity contribution in [1.29, 1.82) is 0 Å². The lowest BCUT2D eigenvalue weighted by molar-refractivity contribution is 0.694. The molecule has 2 rings (SSSR count). The van der Waals surface area contributed by atoms with Crippen molar-refractivity contribution < 1.29 is 0 Å². The second-order valence-electron chi connectivity index (χ2n) is 4.18. The molecule has 0 amide bonds. The maximum Gasteiger partial charge on any atom is 0.0408 e. The number of rotatable bonds is 4. The van der Waals surface area contributed by atoms with Gasteiger partial charge in [-0.15, -0.1) is 0 Å². The molecule has 0 aliphatic carbocycles. The van der Waals surface area contributed by atoms with Crippen LogP contribution in [0.2, 0.25) is 5.02 Å². The van der Waals surface area contributed by atoms with Crippen LogP contribution < -0.4 is 5.73 Å². The highest BCUT2D eigenvalue weighted by Crippen LogP contribution is 2.22. The molecule has 2 N–H and O–H groups in total. The summed E-state index contributed by atoms with van der Waals surface area (Å²) in [5, 5.41) is 0.772. The Bertz CT molecular complexity index is 467. The van der Waals surface area contributed by atoms with E-state index in [9.17, 15) is 0 Å². The van der Waals surface area contributed by atoms with Crippen LogP contribution in [0.15, 0.2) is 54.6 Å². The Hall–Kier alpha value is -1.31. The van der Waals surface area contributed by atoms with Gasteiger partial charge in [-0.2, -0.15) is 0 Å². The fourth-order valence-electron chi connectivity index (χ4n) is 2.00. The van der Waals surface area contributed by atoms with E-state index in [0.717, 1.165) is 11.4 Å². The molecule has 1 nitrogen and oxygen atoms in total. The van der Waals surface area contributed by atoms with Gasteiger partial charge in [-0.3, -0.25) is 0 Å². The van der Waals surface area contributed by atoms with Gasteiger partial charge in [0, 0.05) is 10.9 Å². The number of nitrogens with two attached hydrogens (primary N) is 1. The normalized spacial score (nSPS) is 12.4. The van der Waals surface area contributed by atoms with Crippen molar-refractivity contribution in [2.75, 3.05) is 6.54 Å². The van der Waals surface area contributed by atoms with Crippen molar-refractivity contribution in [2.45, 2.75) is 12.3 Å². The van der Waals surface area contributed by atoms with E-state index in [-0.39, 0.29) is 0 Å². The zero-order valence-corrected chi connectivity index (χ0v) is 10.4. The highest BCUT2D eigenvalue weighted by Gasteiger charge is 2.10. The fraction of sp³-hybridized carbons (Fsp3) is 0.200. The third-order valence-electron chi connectivity index (χ3n) is 2.93. The van der Waals surface area contributed by atoms with Crippen LogP contribution in [-0.2, 0) is 6.42 Å². The van der Waals surface area contributed by atoms with Gasteiger partial charge >= 0.3 is 0 Å². The zero-order valence-electron chi connectivity index (χ0n) is 9.64. The molecular formula is C15H16ClN. The van der Waals surface area contributed by atoms with Gasteiger partial charge in [-0.1, -0.05) is 54.1 Å². The lowest BCUT2D eigenvalue weighted by Crippen LogP contribution is -2.15. The molecule has 0 radical (unpaired) electrons. The maximum atomic E-state index is 6.01. The van der Waals surface area contributed by atoms with Crippen molar-refractivity contribution in [3.8, 4) is 0 Å². The monoisotopic (exact) mass is 245 g/mol. The van der Waals surface area contributed by atoms with Crippen LogP contribution in [0.4, 0.5) is 0 Å². The third kappa shape index (κ3) is 3.32. The maximum absolute atomic E-state index is 6.01. The van der Waals surface area contributed by atoms with Gasteiger partial charge in [0.1, 0.15) is 0 Å². The molecule has 1 atom stereocenters. The number of benzene rings is 2. The summed E-state index contributed by atoms with van der Waals surface area (Å²) in [6.45, 7) is 0.634. The van der Waals surface area contributed by atoms with E-state index in [1.54, 1.807) is 0 Å². The first kappa shape index (κ1) is 12.2. The SMILES string of the molecule is NCC(Cc1ccccc1)c1cccc(Cl)c1. The minimum Gasteiger partial charge on any atom is -0.330 e. The van der Waals surface area contributed by atoms with Crippen molar-refractivity contribution in [3.05, 3.63) is 70.7 Å². The van der Waals surface area contributed by atoms with Crippen LogP contribution >= 0.6 is 11.6 Å². The first-order valence-corrected chi connectivity index (χ1v) is 6.17. The summed E-state index contributed by atoms with van der Waals surface area (Å²) in [7, 11) is 0. The molecule has 17 heavy (non-hydrogen) atoms. The predicted octanol–water partition coefficient (Wildman–Crippen LogP) is 3.63. The Morgan fingerprint density at radius 3 is 2.41 bits per heavy atom. The zero-order chi connectivity index (χ0) is 12.1. The van der Waals surface area contributed by atoms with Crippen LogP contribution in [0.25, 0.3) is 0 Å². The van der Waals surface area contributed by atoms with Crippen molar-refractivity contribution in [2.24, 2.45) is 5.73 Å². The third-order valence-corrected chi connectivity index (χ3v) is 3.16. The highest BCUT2D eigenvalue weighted by atomic mass is 35.5. The fourth-order valence-corrected chi connectivity index (χ4v) is 2.20.